The Morgan fingerprint density at radius 1 is 1.00 bits per heavy atom. The number of cyclic esters (lactones) is 1. The summed E-state index contributed by atoms with van der Waals surface area (Å²) in [6.07, 6.45) is 0.666. The van der Waals surface area contributed by atoms with Crippen LogP contribution < -0.4 is 0 Å². The number of aliphatic carboxylic acids is 2. The monoisotopic (exact) mass is 440 g/mol. The maximum atomic E-state index is 12.2. The Balaban J connectivity index is 1.37. The standard InChI is InChI=1S/C21H36N4O6/c1-2-22-10-12-23(13-11-22)6-3-7-25-16-17(31-20(25)30)15-24-8-4-21(5-9-24,19(28)29)14-18(26)27/h17H,2-16H2,1H3,(H,26,27)(H,28,29). The molecule has 3 aliphatic rings. The number of hydrogen-bond acceptors (Lipinski definition) is 7. The third-order valence-corrected chi connectivity index (χ3v) is 6.98. The van der Waals surface area contributed by atoms with Crippen LogP contribution in [0.2, 0.25) is 0 Å². The third kappa shape index (κ3) is 6.30. The van der Waals surface area contributed by atoms with Gasteiger partial charge in [-0.2, -0.15) is 0 Å². The topological polar surface area (TPSA) is 114 Å². The van der Waals surface area contributed by atoms with Gasteiger partial charge in [0, 0.05) is 39.3 Å². The molecular formula is C21H36N4O6. The van der Waals surface area contributed by atoms with Crippen LogP contribution in [0.4, 0.5) is 4.79 Å². The fourth-order valence-corrected chi connectivity index (χ4v) is 4.87. The van der Waals surface area contributed by atoms with Crippen molar-refractivity contribution in [2.24, 2.45) is 5.41 Å². The van der Waals surface area contributed by atoms with Gasteiger partial charge >= 0.3 is 18.0 Å². The fraction of sp³-hybridized carbons (Fsp3) is 0.857. The molecule has 0 aromatic carbocycles. The summed E-state index contributed by atoms with van der Waals surface area (Å²) in [6.45, 7) is 11.4. The second-order valence-electron chi connectivity index (χ2n) is 9.04. The van der Waals surface area contributed by atoms with E-state index in [1.165, 1.54) is 0 Å². The fourth-order valence-electron chi connectivity index (χ4n) is 4.87. The van der Waals surface area contributed by atoms with Crippen molar-refractivity contribution in [2.45, 2.75) is 38.7 Å². The predicted octanol–water partition coefficient (Wildman–Crippen LogP) is 0.476. The lowest BCUT2D eigenvalue weighted by Crippen LogP contribution is -2.47. The predicted molar refractivity (Wildman–Crippen MR) is 113 cm³/mol. The zero-order valence-electron chi connectivity index (χ0n) is 18.5. The normalized spacial score (nSPS) is 25.5. The Morgan fingerprint density at radius 2 is 1.65 bits per heavy atom. The molecule has 10 nitrogen and oxygen atoms in total. The number of piperazine rings is 1. The highest BCUT2D eigenvalue weighted by molar-refractivity contribution is 5.81. The van der Waals surface area contributed by atoms with Crippen molar-refractivity contribution in [3.05, 3.63) is 0 Å². The average Bonchev–Trinajstić information content (AvgIpc) is 3.08. The molecule has 3 rings (SSSR count). The van der Waals surface area contributed by atoms with Crippen LogP contribution in [-0.2, 0) is 14.3 Å². The zero-order valence-corrected chi connectivity index (χ0v) is 18.5. The maximum absolute atomic E-state index is 12.2. The van der Waals surface area contributed by atoms with Crippen LogP contribution in [0.15, 0.2) is 0 Å². The number of carbonyl (C=O) groups excluding carboxylic acids is 1. The van der Waals surface area contributed by atoms with Crippen molar-refractivity contribution < 1.29 is 29.3 Å². The highest BCUT2D eigenvalue weighted by Crippen LogP contribution is 2.35. The Labute approximate surface area is 183 Å². The summed E-state index contributed by atoms with van der Waals surface area (Å²) >= 11 is 0. The third-order valence-electron chi connectivity index (χ3n) is 6.98. The van der Waals surface area contributed by atoms with E-state index in [1.54, 1.807) is 4.90 Å². The Morgan fingerprint density at radius 3 is 2.23 bits per heavy atom. The number of rotatable bonds is 10. The van der Waals surface area contributed by atoms with E-state index in [9.17, 15) is 19.5 Å². The van der Waals surface area contributed by atoms with Gasteiger partial charge in [0.1, 0.15) is 6.10 Å². The summed E-state index contributed by atoms with van der Waals surface area (Å²) in [5.41, 5.74) is -1.19. The van der Waals surface area contributed by atoms with Crippen LogP contribution in [0.5, 0.6) is 0 Å². The first-order chi connectivity index (χ1) is 14.8. The molecule has 176 valence electrons. The van der Waals surface area contributed by atoms with Gasteiger partial charge in [-0.25, -0.2) is 4.79 Å². The summed E-state index contributed by atoms with van der Waals surface area (Å²) in [4.78, 5) is 43.7. The summed E-state index contributed by atoms with van der Waals surface area (Å²) in [7, 11) is 0. The molecule has 0 aromatic rings. The van der Waals surface area contributed by atoms with Crippen molar-refractivity contribution in [3.63, 3.8) is 0 Å². The van der Waals surface area contributed by atoms with Gasteiger partial charge in [0.25, 0.3) is 0 Å². The van der Waals surface area contributed by atoms with E-state index >= 15 is 0 Å². The maximum Gasteiger partial charge on any atom is 0.410 e. The molecule has 1 unspecified atom stereocenters. The lowest BCUT2D eigenvalue weighted by atomic mass is 9.75. The molecule has 0 radical (unpaired) electrons. The number of likely N-dealkylation sites (tertiary alicyclic amines) is 1. The second kappa shape index (κ2) is 10.6. The first-order valence-electron chi connectivity index (χ1n) is 11.4. The summed E-state index contributed by atoms with van der Waals surface area (Å²) < 4.78 is 5.53. The molecule has 0 aliphatic carbocycles. The summed E-state index contributed by atoms with van der Waals surface area (Å²) in [6, 6.07) is 0. The molecule has 3 saturated heterocycles. The highest BCUT2D eigenvalue weighted by Gasteiger charge is 2.44. The van der Waals surface area contributed by atoms with Gasteiger partial charge in [-0.3, -0.25) is 14.5 Å². The van der Waals surface area contributed by atoms with Crippen LogP contribution in [0.1, 0.15) is 32.6 Å². The van der Waals surface area contributed by atoms with Gasteiger partial charge in [0.2, 0.25) is 0 Å². The molecule has 1 atom stereocenters. The highest BCUT2D eigenvalue weighted by atomic mass is 16.6. The minimum Gasteiger partial charge on any atom is -0.481 e. The number of carboxylic acids is 2. The van der Waals surface area contributed by atoms with Gasteiger partial charge in [-0.05, 0) is 45.4 Å². The van der Waals surface area contributed by atoms with Crippen LogP contribution in [-0.4, -0.2) is 126 Å². The van der Waals surface area contributed by atoms with E-state index in [0.29, 0.717) is 45.6 Å². The molecule has 10 heteroatoms. The molecule has 31 heavy (non-hydrogen) atoms. The first-order valence-corrected chi connectivity index (χ1v) is 11.4. The number of ether oxygens (including phenoxy) is 1. The first kappa shape index (κ1) is 23.7. The number of hydrogen-bond donors (Lipinski definition) is 2. The van der Waals surface area contributed by atoms with Crippen LogP contribution in [0.3, 0.4) is 0 Å². The molecule has 3 fully saturated rings. The minimum atomic E-state index is -1.19. The van der Waals surface area contributed by atoms with Gasteiger partial charge in [0.15, 0.2) is 0 Å². The Kier molecular flexibility index (Phi) is 8.12. The van der Waals surface area contributed by atoms with Crippen molar-refractivity contribution in [2.75, 3.05) is 72.0 Å². The molecular weight excluding hydrogens is 404 g/mol. The summed E-state index contributed by atoms with van der Waals surface area (Å²) in [5.74, 6) is -2.12. The molecule has 0 aromatic heterocycles. The van der Waals surface area contributed by atoms with Gasteiger partial charge < -0.3 is 29.6 Å². The van der Waals surface area contributed by atoms with Gasteiger partial charge in [-0.15, -0.1) is 0 Å². The van der Waals surface area contributed by atoms with Crippen molar-refractivity contribution in [1.82, 2.24) is 19.6 Å². The molecule has 3 heterocycles. The SMILES string of the molecule is CCN1CCN(CCCN2CC(CN3CCC(CC(=O)O)(C(=O)O)CC3)OC2=O)CC1. The van der Waals surface area contributed by atoms with E-state index in [1.807, 2.05) is 0 Å². The number of piperidine rings is 1. The lowest BCUT2D eigenvalue weighted by molar-refractivity contribution is -0.159. The van der Waals surface area contributed by atoms with Crippen molar-refractivity contribution in [1.29, 1.82) is 0 Å². The van der Waals surface area contributed by atoms with Gasteiger partial charge in [-0.1, -0.05) is 6.92 Å². The Hall–Kier alpha value is -1.91. The van der Waals surface area contributed by atoms with Crippen LogP contribution >= 0.6 is 0 Å². The molecule has 0 bridgehead atoms. The van der Waals surface area contributed by atoms with Crippen LogP contribution in [0, 0.1) is 5.41 Å². The smallest absolute Gasteiger partial charge is 0.410 e. The molecule has 1 amide bonds. The van der Waals surface area contributed by atoms with E-state index in [4.69, 9.17) is 9.84 Å². The number of amides is 1. The van der Waals surface area contributed by atoms with Crippen molar-refractivity contribution >= 4 is 18.0 Å². The van der Waals surface area contributed by atoms with E-state index < -0.39 is 17.4 Å². The minimum absolute atomic E-state index is 0.225. The lowest BCUT2D eigenvalue weighted by Gasteiger charge is -2.38. The van der Waals surface area contributed by atoms with Gasteiger partial charge in [0.05, 0.1) is 18.4 Å². The largest absolute Gasteiger partial charge is 0.481 e. The van der Waals surface area contributed by atoms with E-state index in [0.717, 1.165) is 45.7 Å². The Bertz CT molecular complexity index is 644. The average molecular weight is 441 g/mol. The quantitative estimate of drug-likeness (QED) is 0.500. The molecule has 0 saturated carbocycles. The number of carboxylic acid groups (broad SMARTS) is 2. The second-order valence-corrected chi connectivity index (χ2v) is 9.04. The number of likely N-dealkylation sites (N-methyl/N-ethyl adjacent to an activating group) is 1. The molecule has 3 aliphatic heterocycles. The number of nitrogens with zero attached hydrogens (tertiary/aromatic N) is 4. The molecule has 0 spiro atoms. The van der Waals surface area contributed by atoms with Crippen molar-refractivity contribution in [3.8, 4) is 0 Å². The number of carbonyl (C=O) groups is 3. The molecule has 2 N–H and O–H groups in total. The van der Waals surface area contributed by atoms with E-state index in [-0.39, 0.29) is 18.6 Å². The van der Waals surface area contributed by atoms with Crippen LogP contribution in [0.25, 0.3) is 0 Å². The summed E-state index contributed by atoms with van der Waals surface area (Å²) in [5, 5.41) is 18.6. The van der Waals surface area contributed by atoms with E-state index in [2.05, 4.69) is 21.6 Å². The zero-order chi connectivity index (χ0) is 22.4.